The highest BCUT2D eigenvalue weighted by Gasteiger charge is 2.39. The molecular weight excluding hydrogens is 266 g/mol. The molecule has 2 N–H and O–H groups in total. The third-order valence-corrected chi connectivity index (χ3v) is 4.92. The Morgan fingerprint density at radius 2 is 2.19 bits per heavy atom. The van der Waals surface area contributed by atoms with Gasteiger partial charge in [-0.2, -0.15) is 0 Å². The predicted octanol–water partition coefficient (Wildman–Crippen LogP) is 0.465. The second-order valence-corrected chi connectivity index (χ2v) is 6.08. The summed E-state index contributed by atoms with van der Waals surface area (Å²) in [5.41, 5.74) is 3.04. The molecule has 0 spiro atoms. The van der Waals surface area contributed by atoms with Crippen molar-refractivity contribution in [2.75, 3.05) is 26.2 Å². The molecule has 5 nitrogen and oxygen atoms in total. The van der Waals surface area contributed by atoms with Crippen molar-refractivity contribution < 1.29 is 9.59 Å². The average molecular weight is 285 g/mol. The van der Waals surface area contributed by atoms with Crippen LogP contribution in [0.5, 0.6) is 0 Å². The SMILES string of the molecule is O=C1NCC2c3c(cccc31)CCN2C(=O)C1CCNC1. The van der Waals surface area contributed by atoms with Crippen LogP contribution in [0.2, 0.25) is 0 Å². The van der Waals surface area contributed by atoms with Crippen molar-refractivity contribution >= 4 is 11.8 Å². The maximum absolute atomic E-state index is 12.8. The van der Waals surface area contributed by atoms with Gasteiger partial charge in [0.2, 0.25) is 5.91 Å². The van der Waals surface area contributed by atoms with Crippen molar-refractivity contribution in [3.63, 3.8) is 0 Å². The monoisotopic (exact) mass is 285 g/mol. The molecule has 1 fully saturated rings. The number of benzene rings is 1. The Labute approximate surface area is 123 Å². The molecule has 3 aliphatic rings. The van der Waals surface area contributed by atoms with Crippen LogP contribution in [0.3, 0.4) is 0 Å². The lowest BCUT2D eigenvalue weighted by atomic mass is 9.85. The second-order valence-electron chi connectivity index (χ2n) is 6.08. The van der Waals surface area contributed by atoms with Crippen LogP contribution in [0.4, 0.5) is 0 Å². The fourth-order valence-corrected chi connectivity index (χ4v) is 3.84. The van der Waals surface area contributed by atoms with Crippen LogP contribution in [0.15, 0.2) is 18.2 Å². The average Bonchev–Trinajstić information content (AvgIpc) is 3.04. The zero-order valence-corrected chi connectivity index (χ0v) is 11.9. The van der Waals surface area contributed by atoms with Gasteiger partial charge in [-0.05, 0) is 36.6 Å². The maximum atomic E-state index is 12.8. The Kier molecular flexibility index (Phi) is 2.96. The summed E-state index contributed by atoms with van der Waals surface area (Å²) in [7, 11) is 0. The number of nitrogens with one attached hydrogen (secondary N) is 2. The van der Waals surface area contributed by atoms with Crippen molar-refractivity contribution in [2.24, 2.45) is 5.92 Å². The van der Waals surface area contributed by atoms with Crippen LogP contribution < -0.4 is 10.6 Å². The van der Waals surface area contributed by atoms with Gasteiger partial charge in [0.25, 0.3) is 5.91 Å². The number of rotatable bonds is 1. The van der Waals surface area contributed by atoms with E-state index >= 15 is 0 Å². The van der Waals surface area contributed by atoms with Gasteiger partial charge in [0.15, 0.2) is 0 Å². The highest BCUT2D eigenvalue weighted by Crippen LogP contribution is 2.35. The summed E-state index contributed by atoms with van der Waals surface area (Å²) in [6, 6.07) is 5.90. The minimum Gasteiger partial charge on any atom is -0.350 e. The lowest BCUT2D eigenvalue weighted by molar-refractivity contribution is -0.138. The summed E-state index contributed by atoms with van der Waals surface area (Å²) < 4.78 is 0. The highest BCUT2D eigenvalue weighted by atomic mass is 16.2. The molecule has 0 radical (unpaired) electrons. The molecule has 0 saturated carbocycles. The number of amides is 2. The molecule has 5 heteroatoms. The fourth-order valence-electron chi connectivity index (χ4n) is 3.84. The van der Waals surface area contributed by atoms with E-state index in [0.717, 1.165) is 43.6 Å². The molecular formula is C16H19N3O2. The van der Waals surface area contributed by atoms with E-state index in [1.807, 2.05) is 17.0 Å². The van der Waals surface area contributed by atoms with Crippen molar-refractivity contribution in [3.8, 4) is 0 Å². The zero-order chi connectivity index (χ0) is 14.4. The van der Waals surface area contributed by atoms with Gasteiger partial charge in [0.05, 0.1) is 12.0 Å². The van der Waals surface area contributed by atoms with Crippen LogP contribution in [0.25, 0.3) is 0 Å². The highest BCUT2D eigenvalue weighted by molar-refractivity contribution is 5.98. The van der Waals surface area contributed by atoms with E-state index in [4.69, 9.17) is 0 Å². The molecule has 3 aliphatic heterocycles. The first-order valence-corrected chi connectivity index (χ1v) is 7.67. The van der Waals surface area contributed by atoms with Gasteiger partial charge in [0, 0.05) is 25.2 Å². The molecule has 4 rings (SSSR count). The van der Waals surface area contributed by atoms with Crippen LogP contribution in [-0.2, 0) is 11.2 Å². The van der Waals surface area contributed by atoms with Crippen molar-refractivity contribution in [1.82, 2.24) is 15.5 Å². The normalized spacial score (nSPS) is 27.2. The summed E-state index contributed by atoms with van der Waals surface area (Å²) in [5.74, 6) is 0.317. The molecule has 2 atom stereocenters. The third kappa shape index (κ3) is 1.95. The molecule has 0 aliphatic carbocycles. The smallest absolute Gasteiger partial charge is 0.251 e. The Morgan fingerprint density at radius 1 is 1.29 bits per heavy atom. The van der Waals surface area contributed by atoms with Gasteiger partial charge < -0.3 is 15.5 Å². The van der Waals surface area contributed by atoms with Crippen molar-refractivity contribution in [3.05, 3.63) is 34.9 Å². The Hall–Kier alpha value is -1.88. The van der Waals surface area contributed by atoms with Gasteiger partial charge in [-0.3, -0.25) is 9.59 Å². The fraction of sp³-hybridized carbons (Fsp3) is 0.500. The molecule has 2 amide bonds. The molecule has 3 heterocycles. The van der Waals surface area contributed by atoms with Crippen molar-refractivity contribution in [2.45, 2.75) is 18.9 Å². The molecule has 0 bridgehead atoms. The van der Waals surface area contributed by atoms with Crippen LogP contribution in [0, 0.1) is 5.92 Å². The summed E-state index contributed by atoms with van der Waals surface area (Å²) in [6.45, 7) is 3.00. The molecule has 110 valence electrons. The molecule has 1 aromatic carbocycles. The summed E-state index contributed by atoms with van der Waals surface area (Å²) >= 11 is 0. The first-order chi connectivity index (χ1) is 10.3. The summed E-state index contributed by atoms with van der Waals surface area (Å²) in [5, 5.41) is 6.19. The number of hydrogen-bond donors (Lipinski definition) is 2. The van der Waals surface area contributed by atoms with E-state index in [2.05, 4.69) is 16.7 Å². The number of nitrogens with zero attached hydrogens (tertiary/aromatic N) is 1. The van der Waals surface area contributed by atoms with E-state index in [0.29, 0.717) is 6.54 Å². The van der Waals surface area contributed by atoms with Crippen molar-refractivity contribution in [1.29, 1.82) is 0 Å². The topological polar surface area (TPSA) is 61.4 Å². The predicted molar refractivity (Wildman–Crippen MR) is 77.9 cm³/mol. The molecule has 2 unspecified atom stereocenters. The molecule has 1 saturated heterocycles. The van der Waals surface area contributed by atoms with Crippen LogP contribution >= 0.6 is 0 Å². The number of carbonyl (C=O) groups excluding carboxylic acids is 2. The van der Waals surface area contributed by atoms with Gasteiger partial charge in [-0.1, -0.05) is 12.1 Å². The molecule has 21 heavy (non-hydrogen) atoms. The quantitative estimate of drug-likeness (QED) is 0.788. The zero-order valence-electron chi connectivity index (χ0n) is 11.9. The third-order valence-electron chi connectivity index (χ3n) is 4.92. The van der Waals surface area contributed by atoms with E-state index in [1.54, 1.807) is 0 Å². The maximum Gasteiger partial charge on any atom is 0.251 e. The Bertz CT molecular complexity index is 608. The Morgan fingerprint density at radius 3 is 3.00 bits per heavy atom. The number of hydrogen-bond acceptors (Lipinski definition) is 3. The minimum absolute atomic E-state index is 0.00995. The minimum atomic E-state index is -0.0140. The number of carbonyl (C=O) groups is 2. The van der Waals surface area contributed by atoms with Gasteiger partial charge in [-0.15, -0.1) is 0 Å². The largest absolute Gasteiger partial charge is 0.350 e. The van der Waals surface area contributed by atoms with E-state index < -0.39 is 0 Å². The summed E-state index contributed by atoms with van der Waals surface area (Å²) in [4.78, 5) is 26.8. The van der Waals surface area contributed by atoms with Crippen LogP contribution in [-0.4, -0.2) is 42.9 Å². The second kappa shape index (κ2) is 4.84. The van der Waals surface area contributed by atoms with E-state index in [9.17, 15) is 9.59 Å². The standard InChI is InChI=1S/C16H19N3O2/c20-15-12-3-1-2-10-5-7-19(13(9-18-15)14(10)12)16(21)11-4-6-17-8-11/h1-3,11,13,17H,4-9H2,(H,18,20). The van der Waals surface area contributed by atoms with Gasteiger partial charge >= 0.3 is 0 Å². The van der Waals surface area contributed by atoms with E-state index in [1.165, 1.54) is 5.56 Å². The lowest BCUT2D eigenvalue weighted by Crippen LogP contribution is -2.50. The van der Waals surface area contributed by atoms with Crippen LogP contribution in [0.1, 0.15) is 33.9 Å². The first kappa shape index (κ1) is 12.8. The van der Waals surface area contributed by atoms with E-state index in [-0.39, 0.29) is 23.8 Å². The molecule has 0 aromatic heterocycles. The Balaban J connectivity index is 1.71. The van der Waals surface area contributed by atoms with Gasteiger partial charge in [0.1, 0.15) is 0 Å². The lowest BCUT2D eigenvalue weighted by Gasteiger charge is -2.41. The summed E-state index contributed by atoms with van der Waals surface area (Å²) in [6.07, 6.45) is 1.77. The molecule has 1 aromatic rings. The van der Waals surface area contributed by atoms with Gasteiger partial charge in [-0.25, -0.2) is 0 Å². The first-order valence-electron chi connectivity index (χ1n) is 7.67.